The number of methoxy groups -OCH3 is 1. The number of benzene rings is 2. The van der Waals surface area contributed by atoms with Crippen molar-refractivity contribution in [2.24, 2.45) is 0 Å². The number of aryl methyl sites for hydroxylation is 2. The van der Waals surface area contributed by atoms with Crippen LogP contribution in [0.25, 0.3) is 21.9 Å². The number of aromatic amines is 1. The molecule has 0 aliphatic heterocycles. The average Bonchev–Trinajstić information content (AvgIpc) is 3.12. The van der Waals surface area contributed by atoms with E-state index in [4.69, 9.17) is 9.47 Å². The molecule has 2 heterocycles. The summed E-state index contributed by atoms with van der Waals surface area (Å²) in [5.74, 6) is 1.18. The Kier molecular flexibility index (Phi) is 6.12. The summed E-state index contributed by atoms with van der Waals surface area (Å²) in [7, 11) is 1.54. The summed E-state index contributed by atoms with van der Waals surface area (Å²) in [6, 6.07) is 13.0. The standard InChI is InChI=1S/C24H18N4O5S/c1-13-14(2)34-24-21(13)23(29)26-22(27-24)16(12-25)10-15-4-9-20(19(11-15)28(30)31)33-18-7-5-17(32-3)6-8-18/h4-11H,1-3H3,(H,26,27,29)/b16-10+. The zero-order chi connectivity index (χ0) is 24.4. The lowest BCUT2D eigenvalue weighted by Crippen LogP contribution is -2.10. The Hall–Kier alpha value is -4.49. The summed E-state index contributed by atoms with van der Waals surface area (Å²) in [5.41, 5.74) is 0.693. The Labute approximate surface area is 197 Å². The molecule has 0 saturated carbocycles. The molecule has 0 aliphatic carbocycles. The molecule has 2 aromatic carbocycles. The van der Waals surface area contributed by atoms with Gasteiger partial charge >= 0.3 is 5.69 Å². The predicted octanol–water partition coefficient (Wildman–Crippen LogP) is 5.37. The number of thiophene rings is 1. The maximum absolute atomic E-state index is 12.6. The minimum absolute atomic E-state index is 0.0447. The fourth-order valence-corrected chi connectivity index (χ4v) is 4.36. The van der Waals surface area contributed by atoms with Crippen LogP contribution in [0.1, 0.15) is 21.8 Å². The second-order valence-electron chi connectivity index (χ2n) is 7.31. The zero-order valence-corrected chi connectivity index (χ0v) is 19.2. The van der Waals surface area contributed by atoms with E-state index in [0.29, 0.717) is 27.3 Å². The summed E-state index contributed by atoms with van der Waals surface area (Å²) >= 11 is 1.37. The number of allylic oxidation sites excluding steroid dienone is 1. The molecule has 9 nitrogen and oxygen atoms in total. The lowest BCUT2D eigenvalue weighted by molar-refractivity contribution is -0.385. The molecule has 0 unspecified atom stereocenters. The molecule has 0 spiro atoms. The zero-order valence-electron chi connectivity index (χ0n) is 18.4. The number of hydrogen-bond donors (Lipinski definition) is 1. The molecule has 34 heavy (non-hydrogen) atoms. The Morgan fingerprint density at radius 3 is 2.56 bits per heavy atom. The summed E-state index contributed by atoms with van der Waals surface area (Å²) in [4.78, 5) is 32.3. The van der Waals surface area contributed by atoms with E-state index in [1.165, 1.54) is 36.7 Å². The van der Waals surface area contributed by atoms with Crippen molar-refractivity contribution in [1.82, 2.24) is 9.97 Å². The first-order valence-electron chi connectivity index (χ1n) is 10.0. The van der Waals surface area contributed by atoms with Gasteiger partial charge in [0.05, 0.1) is 23.0 Å². The van der Waals surface area contributed by atoms with Crippen LogP contribution in [0.5, 0.6) is 17.2 Å². The van der Waals surface area contributed by atoms with Crippen molar-refractivity contribution in [3.8, 4) is 23.3 Å². The van der Waals surface area contributed by atoms with Gasteiger partial charge in [-0.2, -0.15) is 5.26 Å². The fourth-order valence-electron chi connectivity index (χ4n) is 3.33. The highest BCUT2D eigenvalue weighted by molar-refractivity contribution is 7.18. The van der Waals surface area contributed by atoms with Crippen LogP contribution < -0.4 is 15.0 Å². The van der Waals surface area contributed by atoms with Crippen LogP contribution in [0.3, 0.4) is 0 Å². The SMILES string of the molecule is COc1ccc(Oc2ccc(/C=C(\C#N)c3nc4sc(C)c(C)c4c(=O)[nH]3)cc2[N+](=O)[O-])cc1. The lowest BCUT2D eigenvalue weighted by atomic mass is 10.1. The average molecular weight is 474 g/mol. The number of H-pyrrole nitrogens is 1. The number of nitrogens with one attached hydrogen (secondary N) is 1. The van der Waals surface area contributed by atoms with Crippen molar-refractivity contribution in [2.45, 2.75) is 13.8 Å². The molecule has 4 aromatic rings. The molecule has 4 rings (SSSR count). The maximum Gasteiger partial charge on any atom is 0.312 e. The molecule has 0 fully saturated rings. The van der Waals surface area contributed by atoms with Gasteiger partial charge in [-0.1, -0.05) is 6.07 Å². The molecule has 0 aliphatic rings. The summed E-state index contributed by atoms with van der Waals surface area (Å²) < 4.78 is 10.8. The molecule has 0 bridgehead atoms. The van der Waals surface area contributed by atoms with Gasteiger partial charge in [0.1, 0.15) is 22.4 Å². The van der Waals surface area contributed by atoms with E-state index in [2.05, 4.69) is 9.97 Å². The highest BCUT2D eigenvalue weighted by Crippen LogP contribution is 2.34. The molecule has 2 aromatic heterocycles. The number of nitriles is 1. The van der Waals surface area contributed by atoms with E-state index in [-0.39, 0.29) is 28.4 Å². The number of fused-ring (bicyclic) bond motifs is 1. The third-order valence-corrected chi connectivity index (χ3v) is 6.29. The van der Waals surface area contributed by atoms with Gasteiger partial charge in [-0.3, -0.25) is 14.9 Å². The number of aromatic nitrogens is 2. The van der Waals surface area contributed by atoms with Gasteiger partial charge in [0, 0.05) is 10.9 Å². The minimum Gasteiger partial charge on any atom is -0.497 e. The third kappa shape index (κ3) is 4.37. The molecule has 0 amide bonds. The Morgan fingerprint density at radius 2 is 1.91 bits per heavy atom. The number of nitro groups is 1. The van der Waals surface area contributed by atoms with Crippen LogP contribution in [0, 0.1) is 35.3 Å². The van der Waals surface area contributed by atoms with Crippen LogP contribution >= 0.6 is 11.3 Å². The van der Waals surface area contributed by atoms with E-state index in [1.807, 2.05) is 19.9 Å². The minimum atomic E-state index is -0.564. The van der Waals surface area contributed by atoms with Crippen molar-refractivity contribution in [2.75, 3.05) is 7.11 Å². The van der Waals surface area contributed by atoms with Crippen molar-refractivity contribution in [1.29, 1.82) is 5.26 Å². The fraction of sp³-hybridized carbons (Fsp3) is 0.125. The van der Waals surface area contributed by atoms with Crippen LogP contribution in [-0.2, 0) is 0 Å². The Bertz CT molecular complexity index is 1540. The molecule has 10 heteroatoms. The monoisotopic (exact) mass is 474 g/mol. The Morgan fingerprint density at radius 1 is 1.21 bits per heavy atom. The van der Waals surface area contributed by atoms with Gasteiger partial charge in [0.25, 0.3) is 5.56 Å². The molecule has 0 atom stereocenters. The highest BCUT2D eigenvalue weighted by atomic mass is 32.1. The van der Waals surface area contributed by atoms with Gasteiger partial charge < -0.3 is 14.5 Å². The lowest BCUT2D eigenvalue weighted by Gasteiger charge is -2.08. The van der Waals surface area contributed by atoms with E-state index in [1.54, 1.807) is 30.3 Å². The van der Waals surface area contributed by atoms with Crippen LogP contribution in [0.2, 0.25) is 0 Å². The second kappa shape index (κ2) is 9.17. The molecule has 0 saturated heterocycles. The van der Waals surface area contributed by atoms with Crippen molar-refractivity contribution >= 4 is 38.9 Å². The normalized spacial score (nSPS) is 11.3. The highest BCUT2D eigenvalue weighted by Gasteiger charge is 2.18. The number of rotatable bonds is 6. The van der Waals surface area contributed by atoms with Crippen molar-refractivity contribution in [3.05, 3.63) is 84.8 Å². The van der Waals surface area contributed by atoms with Crippen molar-refractivity contribution in [3.63, 3.8) is 0 Å². The number of ether oxygens (including phenoxy) is 2. The molecule has 170 valence electrons. The van der Waals surface area contributed by atoms with E-state index in [9.17, 15) is 20.2 Å². The smallest absolute Gasteiger partial charge is 0.312 e. The van der Waals surface area contributed by atoms with Crippen LogP contribution in [0.15, 0.2) is 47.3 Å². The summed E-state index contributed by atoms with van der Waals surface area (Å²) in [6.45, 7) is 3.75. The van der Waals surface area contributed by atoms with Gasteiger partial charge in [0.15, 0.2) is 5.82 Å². The molecular formula is C24H18N4O5S. The summed E-state index contributed by atoms with van der Waals surface area (Å²) in [5, 5.41) is 21.9. The molecule has 1 N–H and O–H groups in total. The van der Waals surface area contributed by atoms with E-state index >= 15 is 0 Å². The Balaban J connectivity index is 1.72. The first-order valence-corrected chi connectivity index (χ1v) is 10.8. The first-order chi connectivity index (χ1) is 16.3. The van der Waals surface area contributed by atoms with Gasteiger partial charge in [-0.25, -0.2) is 4.98 Å². The quantitative estimate of drug-likeness (QED) is 0.226. The van der Waals surface area contributed by atoms with Gasteiger partial charge in [0.2, 0.25) is 5.75 Å². The van der Waals surface area contributed by atoms with E-state index < -0.39 is 4.92 Å². The first kappa shape index (κ1) is 22.7. The van der Waals surface area contributed by atoms with Gasteiger partial charge in [-0.15, -0.1) is 11.3 Å². The van der Waals surface area contributed by atoms with Crippen molar-refractivity contribution < 1.29 is 14.4 Å². The number of nitro benzene ring substituents is 1. The number of hydrogen-bond acceptors (Lipinski definition) is 8. The predicted molar refractivity (Wildman–Crippen MR) is 129 cm³/mol. The molecule has 0 radical (unpaired) electrons. The third-order valence-electron chi connectivity index (χ3n) is 5.19. The second-order valence-corrected chi connectivity index (χ2v) is 8.51. The van der Waals surface area contributed by atoms with Crippen LogP contribution in [-0.4, -0.2) is 22.0 Å². The maximum atomic E-state index is 12.6. The van der Waals surface area contributed by atoms with Gasteiger partial charge in [-0.05, 0) is 61.4 Å². The largest absolute Gasteiger partial charge is 0.497 e. The summed E-state index contributed by atoms with van der Waals surface area (Å²) in [6.07, 6.45) is 1.43. The topological polar surface area (TPSA) is 131 Å². The molecular weight excluding hydrogens is 456 g/mol. The van der Waals surface area contributed by atoms with E-state index in [0.717, 1.165) is 10.4 Å². The van der Waals surface area contributed by atoms with Crippen LogP contribution in [0.4, 0.5) is 5.69 Å². The number of nitrogens with zero attached hydrogens (tertiary/aromatic N) is 3.